The Morgan fingerprint density at radius 2 is 2.04 bits per heavy atom. The van der Waals surface area contributed by atoms with Crippen molar-refractivity contribution in [2.24, 2.45) is 0 Å². The van der Waals surface area contributed by atoms with Gasteiger partial charge in [0.2, 0.25) is 0 Å². The van der Waals surface area contributed by atoms with E-state index in [0.717, 1.165) is 41.9 Å². The van der Waals surface area contributed by atoms with E-state index in [9.17, 15) is 4.79 Å². The van der Waals surface area contributed by atoms with Crippen LogP contribution < -0.4 is 28.3 Å². The van der Waals surface area contributed by atoms with Gasteiger partial charge in [-0.1, -0.05) is 23.7 Å². The number of para-hydroxylation sites is 1. The highest BCUT2D eigenvalue weighted by atomic mass is 35.5. The molecule has 0 aliphatic carbocycles. The standard InChI is InChI=1S/C20H15ClN4O2.ClH/c21-17-12-4-1-2-5-15(12)27-20(26)16(17)19-24-13-7-6-11(10-14(13)25-19)18-22-8-3-9-23-18;/h1-2,4-7,10H,3,8-9H2,(H,22,23)(H,24,25);1H. The second kappa shape index (κ2) is 7.30. The number of nitrogens with one attached hydrogen (secondary N) is 3. The molecule has 28 heavy (non-hydrogen) atoms. The summed E-state index contributed by atoms with van der Waals surface area (Å²) in [5.74, 6) is 1.41. The van der Waals surface area contributed by atoms with Crippen LogP contribution in [0.3, 0.4) is 0 Å². The smallest absolute Gasteiger partial charge is 0.348 e. The van der Waals surface area contributed by atoms with Crippen molar-refractivity contribution in [3.63, 3.8) is 0 Å². The molecule has 8 heteroatoms. The van der Waals surface area contributed by atoms with E-state index >= 15 is 0 Å². The number of fused-ring (bicyclic) bond motifs is 2. The lowest BCUT2D eigenvalue weighted by Gasteiger charge is -2.07. The Balaban J connectivity index is 0.00000192. The van der Waals surface area contributed by atoms with Crippen molar-refractivity contribution in [2.75, 3.05) is 13.1 Å². The zero-order valence-corrected chi connectivity index (χ0v) is 16.2. The van der Waals surface area contributed by atoms with Crippen LogP contribution in [-0.4, -0.2) is 28.9 Å². The Bertz CT molecular complexity index is 1280. The fourth-order valence-electron chi connectivity index (χ4n) is 3.38. The summed E-state index contributed by atoms with van der Waals surface area (Å²) in [5, 5.41) is 4.38. The number of nitrogens with zero attached hydrogens (tertiary/aromatic N) is 1. The highest BCUT2D eigenvalue weighted by Crippen LogP contribution is 2.31. The molecule has 0 radical (unpaired) electrons. The molecule has 2 aromatic heterocycles. The second-order valence-corrected chi connectivity index (χ2v) is 6.85. The molecule has 3 heterocycles. The predicted octanol–water partition coefficient (Wildman–Crippen LogP) is -1.19. The number of aromatic amines is 1. The van der Waals surface area contributed by atoms with E-state index in [1.807, 2.05) is 30.3 Å². The average Bonchev–Trinajstić information content (AvgIpc) is 3.11. The first-order valence-electron chi connectivity index (χ1n) is 8.77. The van der Waals surface area contributed by atoms with Gasteiger partial charge in [0.1, 0.15) is 17.0 Å². The van der Waals surface area contributed by atoms with Crippen molar-refractivity contribution in [1.29, 1.82) is 0 Å². The number of amidine groups is 1. The maximum atomic E-state index is 12.5. The van der Waals surface area contributed by atoms with Crippen molar-refractivity contribution < 1.29 is 21.8 Å². The molecule has 0 bridgehead atoms. The van der Waals surface area contributed by atoms with Crippen molar-refractivity contribution in [3.8, 4) is 11.4 Å². The summed E-state index contributed by atoms with van der Waals surface area (Å²) in [6.07, 6.45) is 1.09. The molecule has 4 aromatic rings. The van der Waals surface area contributed by atoms with Crippen molar-refractivity contribution in [2.45, 2.75) is 6.42 Å². The first kappa shape index (κ1) is 18.5. The Morgan fingerprint density at radius 3 is 2.86 bits per heavy atom. The lowest BCUT2D eigenvalue weighted by molar-refractivity contribution is -0.463. The number of aromatic nitrogens is 2. The molecular formula is C20H16Cl2N4O2. The van der Waals surface area contributed by atoms with Gasteiger partial charge < -0.3 is 21.8 Å². The van der Waals surface area contributed by atoms with Crippen LogP contribution in [0.4, 0.5) is 0 Å². The zero-order valence-electron chi connectivity index (χ0n) is 14.7. The quantitative estimate of drug-likeness (QED) is 0.360. The average molecular weight is 415 g/mol. The topological polar surface area (TPSA) is 84.9 Å². The summed E-state index contributed by atoms with van der Waals surface area (Å²) in [4.78, 5) is 23.6. The van der Waals surface area contributed by atoms with Gasteiger partial charge in [-0.15, -0.1) is 0 Å². The van der Waals surface area contributed by atoms with Gasteiger partial charge >= 0.3 is 5.63 Å². The number of rotatable bonds is 2. The van der Waals surface area contributed by atoms with Gasteiger partial charge in [0.05, 0.1) is 34.7 Å². The molecular weight excluding hydrogens is 399 g/mol. The first-order chi connectivity index (χ1) is 13.2. The normalized spacial score (nSPS) is 13.8. The van der Waals surface area contributed by atoms with E-state index in [2.05, 4.69) is 20.3 Å². The second-order valence-electron chi connectivity index (χ2n) is 6.47. The predicted molar refractivity (Wildman–Crippen MR) is 105 cm³/mol. The third kappa shape index (κ3) is 3.04. The summed E-state index contributed by atoms with van der Waals surface area (Å²) >= 11 is 6.52. The molecule has 3 N–H and O–H groups in total. The van der Waals surface area contributed by atoms with E-state index < -0.39 is 5.63 Å². The van der Waals surface area contributed by atoms with Crippen LogP contribution in [0.25, 0.3) is 33.4 Å². The van der Waals surface area contributed by atoms with Gasteiger partial charge in [-0.3, -0.25) is 10.3 Å². The fraction of sp³-hybridized carbons (Fsp3) is 0.150. The molecule has 0 saturated carbocycles. The lowest BCUT2D eigenvalue weighted by Crippen LogP contribution is -3.00. The molecule has 6 nitrogen and oxygen atoms in total. The summed E-state index contributed by atoms with van der Waals surface area (Å²) in [5.41, 5.74) is 2.81. The van der Waals surface area contributed by atoms with Gasteiger partial charge in [-0.05, 0) is 30.3 Å². The van der Waals surface area contributed by atoms with Crippen LogP contribution >= 0.6 is 11.6 Å². The monoisotopic (exact) mass is 414 g/mol. The van der Waals surface area contributed by atoms with Gasteiger partial charge in [0.25, 0.3) is 5.84 Å². The molecule has 1 aliphatic heterocycles. The van der Waals surface area contributed by atoms with E-state index in [1.165, 1.54) is 0 Å². The lowest BCUT2D eigenvalue weighted by atomic mass is 10.1. The number of H-pyrrole nitrogens is 1. The fourth-order valence-corrected chi connectivity index (χ4v) is 3.70. The number of hydrogen-bond acceptors (Lipinski definition) is 4. The van der Waals surface area contributed by atoms with E-state index in [0.29, 0.717) is 21.8 Å². The molecule has 0 unspecified atom stereocenters. The minimum Gasteiger partial charge on any atom is -1.00 e. The summed E-state index contributed by atoms with van der Waals surface area (Å²) < 4.78 is 5.42. The highest BCUT2D eigenvalue weighted by Gasteiger charge is 2.19. The molecule has 0 amide bonds. The van der Waals surface area contributed by atoms with E-state index in [-0.39, 0.29) is 18.0 Å². The summed E-state index contributed by atoms with van der Waals surface area (Å²) in [6.45, 7) is 1.89. The van der Waals surface area contributed by atoms with Gasteiger partial charge in [-0.2, -0.15) is 0 Å². The van der Waals surface area contributed by atoms with Crippen LogP contribution in [0.15, 0.2) is 51.7 Å². The van der Waals surface area contributed by atoms with E-state index in [1.54, 1.807) is 12.1 Å². The Morgan fingerprint density at radius 1 is 1.18 bits per heavy atom. The summed E-state index contributed by atoms with van der Waals surface area (Å²) in [6, 6.07) is 13.1. The number of hydrogen-bond donors (Lipinski definition) is 3. The SMILES string of the molecule is O=c1oc2ccccc2c(Cl)c1-c1nc2ccc(C3=[NH+]CCCN3)cc2[nH]1.[Cl-]. The molecule has 0 atom stereocenters. The van der Waals surface area contributed by atoms with Crippen molar-refractivity contribution >= 4 is 39.4 Å². The number of benzene rings is 2. The third-order valence-corrected chi connectivity index (χ3v) is 5.11. The Kier molecular flexibility index (Phi) is 4.83. The third-order valence-electron chi connectivity index (χ3n) is 4.71. The van der Waals surface area contributed by atoms with Crippen LogP contribution in [-0.2, 0) is 0 Å². The van der Waals surface area contributed by atoms with Gasteiger partial charge in [0.15, 0.2) is 0 Å². The molecule has 0 spiro atoms. The molecule has 142 valence electrons. The van der Waals surface area contributed by atoms with Gasteiger partial charge in [-0.25, -0.2) is 9.78 Å². The maximum absolute atomic E-state index is 12.5. The minimum atomic E-state index is -0.511. The Labute approximate surface area is 171 Å². The van der Waals surface area contributed by atoms with Crippen LogP contribution in [0.2, 0.25) is 5.02 Å². The minimum absolute atomic E-state index is 0. The molecule has 2 aromatic carbocycles. The molecule has 1 aliphatic rings. The van der Waals surface area contributed by atoms with Crippen molar-refractivity contribution in [1.82, 2.24) is 15.3 Å². The van der Waals surface area contributed by atoms with Crippen LogP contribution in [0.5, 0.6) is 0 Å². The molecule has 0 saturated heterocycles. The molecule has 0 fully saturated rings. The van der Waals surface area contributed by atoms with Crippen LogP contribution in [0, 0.1) is 0 Å². The zero-order chi connectivity index (χ0) is 18.4. The first-order valence-corrected chi connectivity index (χ1v) is 9.15. The van der Waals surface area contributed by atoms with E-state index in [4.69, 9.17) is 16.0 Å². The molecule has 5 rings (SSSR count). The highest BCUT2D eigenvalue weighted by molar-refractivity contribution is 6.37. The van der Waals surface area contributed by atoms with Crippen molar-refractivity contribution in [3.05, 3.63) is 63.5 Å². The van der Waals surface area contributed by atoms with Crippen LogP contribution in [0.1, 0.15) is 12.0 Å². The Hall–Kier alpha value is -2.83. The number of halogens is 2. The largest absolute Gasteiger partial charge is 1.00 e. The maximum Gasteiger partial charge on any atom is 0.348 e. The van der Waals surface area contributed by atoms with Gasteiger partial charge in [0, 0.05) is 11.8 Å². The summed E-state index contributed by atoms with van der Waals surface area (Å²) in [7, 11) is 0. The number of imidazole rings is 1.